The normalized spacial score (nSPS) is 14.2. The van der Waals surface area contributed by atoms with Gasteiger partial charge in [0.05, 0.1) is 17.3 Å². The molecular weight excluding hydrogens is 459 g/mol. The van der Waals surface area contributed by atoms with Crippen LogP contribution in [0.5, 0.6) is 5.75 Å². The van der Waals surface area contributed by atoms with Crippen LogP contribution in [-0.2, 0) is 4.79 Å². The number of alkyl halides is 3. The Morgan fingerprint density at radius 2 is 1.82 bits per heavy atom. The Bertz CT molecular complexity index is 992. The number of unbranched alkanes of at least 4 members (excludes halogenated alkanes) is 1. The Morgan fingerprint density at radius 3 is 2.45 bits per heavy atom. The molecule has 0 atom stereocenters. The Morgan fingerprint density at radius 1 is 1.09 bits per heavy atom. The number of piperazine rings is 1. The van der Waals surface area contributed by atoms with E-state index in [0.717, 1.165) is 17.7 Å². The van der Waals surface area contributed by atoms with E-state index in [1.54, 1.807) is 42.5 Å². The molecule has 0 saturated carbocycles. The van der Waals surface area contributed by atoms with Gasteiger partial charge >= 0.3 is 12.1 Å². The topological polar surface area (TPSA) is 61.9 Å². The summed E-state index contributed by atoms with van der Waals surface area (Å²) < 4.78 is 43.5. The average Bonchev–Trinajstić information content (AvgIpc) is 2.79. The van der Waals surface area contributed by atoms with E-state index in [1.165, 1.54) is 0 Å². The molecule has 178 valence electrons. The van der Waals surface area contributed by atoms with Crippen molar-refractivity contribution in [2.24, 2.45) is 0 Å². The molecule has 0 radical (unpaired) electrons. The van der Waals surface area contributed by atoms with Gasteiger partial charge in [-0.25, -0.2) is 0 Å². The van der Waals surface area contributed by atoms with Crippen LogP contribution in [0.2, 0.25) is 5.02 Å². The Hall–Kier alpha value is -2.94. The number of anilines is 2. The van der Waals surface area contributed by atoms with Gasteiger partial charge in [-0.05, 0) is 42.8 Å². The molecule has 0 bridgehead atoms. The van der Waals surface area contributed by atoms with Crippen LogP contribution in [0.1, 0.15) is 30.1 Å². The van der Waals surface area contributed by atoms with Gasteiger partial charge in [-0.3, -0.25) is 9.59 Å². The first-order chi connectivity index (χ1) is 15.7. The molecule has 0 aliphatic carbocycles. The lowest BCUT2D eigenvalue weighted by Crippen LogP contribution is -2.52. The monoisotopic (exact) mass is 483 g/mol. The average molecular weight is 484 g/mol. The van der Waals surface area contributed by atoms with Gasteiger partial charge in [-0.2, -0.15) is 13.2 Å². The van der Waals surface area contributed by atoms with Gasteiger partial charge in [0.1, 0.15) is 5.75 Å². The first-order valence-corrected chi connectivity index (χ1v) is 11.0. The zero-order valence-electron chi connectivity index (χ0n) is 18.1. The highest BCUT2D eigenvalue weighted by molar-refractivity contribution is 6.33. The van der Waals surface area contributed by atoms with Crippen LogP contribution in [0, 0.1) is 0 Å². The van der Waals surface area contributed by atoms with Crippen molar-refractivity contribution >= 4 is 34.8 Å². The van der Waals surface area contributed by atoms with Crippen LogP contribution in [0.15, 0.2) is 42.5 Å². The summed E-state index contributed by atoms with van der Waals surface area (Å²) in [6.07, 6.45) is -2.94. The Balaban J connectivity index is 1.60. The third-order valence-electron chi connectivity index (χ3n) is 5.22. The van der Waals surface area contributed by atoms with Crippen LogP contribution < -0.4 is 15.0 Å². The molecule has 0 spiro atoms. The second-order valence-electron chi connectivity index (χ2n) is 7.63. The molecule has 1 saturated heterocycles. The van der Waals surface area contributed by atoms with Crippen LogP contribution in [0.25, 0.3) is 0 Å². The molecule has 33 heavy (non-hydrogen) atoms. The van der Waals surface area contributed by atoms with Crippen molar-refractivity contribution in [2.45, 2.75) is 25.9 Å². The number of benzene rings is 2. The number of nitrogens with zero attached hydrogens (tertiary/aromatic N) is 2. The number of carbonyl (C=O) groups excluding carboxylic acids is 2. The fraction of sp³-hybridized carbons (Fsp3) is 0.391. The smallest absolute Gasteiger partial charge is 0.471 e. The van der Waals surface area contributed by atoms with Crippen molar-refractivity contribution in [1.29, 1.82) is 0 Å². The molecule has 0 aromatic heterocycles. The number of hydrogen-bond donors (Lipinski definition) is 1. The summed E-state index contributed by atoms with van der Waals surface area (Å²) >= 11 is 6.39. The van der Waals surface area contributed by atoms with Crippen molar-refractivity contribution in [3.8, 4) is 5.75 Å². The van der Waals surface area contributed by atoms with Crippen molar-refractivity contribution < 1.29 is 27.5 Å². The summed E-state index contributed by atoms with van der Waals surface area (Å²) in [5, 5.41) is 3.13. The van der Waals surface area contributed by atoms with Crippen LogP contribution in [0.4, 0.5) is 24.5 Å². The van der Waals surface area contributed by atoms with Gasteiger partial charge in [0.15, 0.2) is 0 Å². The molecule has 3 rings (SSSR count). The van der Waals surface area contributed by atoms with E-state index in [9.17, 15) is 22.8 Å². The highest BCUT2D eigenvalue weighted by atomic mass is 35.5. The van der Waals surface area contributed by atoms with E-state index in [0.29, 0.717) is 34.3 Å². The van der Waals surface area contributed by atoms with E-state index >= 15 is 0 Å². The third-order valence-corrected chi connectivity index (χ3v) is 5.52. The lowest BCUT2D eigenvalue weighted by Gasteiger charge is -2.36. The van der Waals surface area contributed by atoms with Crippen LogP contribution >= 0.6 is 11.6 Å². The lowest BCUT2D eigenvalue weighted by molar-refractivity contribution is -0.185. The fourth-order valence-electron chi connectivity index (χ4n) is 3.44. The fourth-order valence-corrected chi connectivity index (χ4v) is 3.74. The number of hydrogen-bond acceptors (Lipinski definition) is 4. The molecule has 1 heterocycles. The molecule has 1 aliphatic heterocycles. The van der Waals surface area contributed by atoms with Crippen molar-refractivity contribution in [3.63, 3.8) is 0 Å². The lowest BCUT2D eigenvalue weighted by atomic mass is 10.2. The minimum absolute atomic E-state index is 0.0518. The molecule has 2 aromatic rings. The molecule has 2 amide bonds. The minimum atomic E-state index is -4.87. The number of nitrogens with one attached hydrogen (secondary N) is 1. The van der Waals surface area contributed by atoms with Gasteiger partial charge in [0.2, 0.25) is 0 Å². The maximum absolute atomic E-state index is 12.6. The Kier molecular flexibility index (Phi) is 8.07. The predicted molar refractivity (Wildman–Crippen MR) is 121 cm³/mol. The summed E-state index contributed by atoms with van der Waals surface area (Å²) in [5.41, 5.74) is 1.55. The quantitative estimate of drug-likeness (QED) is 0.564. The first kappa shape index (κ1) is 24.7. The van der Waals surface area contributed by atoms with Crippen molar-refractivity contribution in [1.82, 2.24) is 4.90 Å². The molecule has 1 fully saturated rings. The summed E-state index contributed by atoms with van der Waals surface area (Å²) in [4.78, 5) is 26.6. The molecule has 1 aliphatic rings. The molecular formula is C23H25ClF3N3O3. The largest absolute Gasteiger partial charge is 0.494 e. The van der Waals surface area contributed by atoms with E-state index in [4.69, 9.17) is 16.3 Å². The van der Waals surface area contributed by atoms with Gasteiger partial charge in [0, 0.05) is 37.4 Å². The van der Waals surface area contributed by atoms with Gasteiger partial charge < -0.3 is 19.9 Å². The van der Waals surface area contributed by atoms with Crippen LogP contribution in [-0.4, -0.2) is 55.7 Å². The molecule has 0 unspecified atom stereocenters. The minimum Gasteiger partial charge on any atom is -0.494 e. The van der Waals surface area contributed by atoms with E-state index in [-0.39, 0.29) is 32.1 Å². The standard InChI is InChI=1S/C23H25ClF3N3O3/c1-2-3-13-33-18-6-4-5-16(14-18)21(31)28-17-7-8-20(19(24)15-17)29-9-11-30(12-10-29)22(32)23(25,26)27/h4-8,14-15H,2-3,9-13H2,1H3,(H,28,31). The Labute approximate surface area is 195 Å². The number of carbonyl (C=O) groups is 2. The molecule has 10 heteroatoms. The maximum atomic E-state index is 12.6. The number of ether oxygens (including phenoxy) is 1. The second kappa shape index (κ2) is 10.8. The summed E-state index contributed by atoms with van der Waals surface area (Å²) in [6.45, 7) is 2.99. The van der Waals surface area contributed by atoms with Gasteiger partial charge in [-0.1, -0.05) is 31.0 Å². The maximum Gasteiger partial charge on any atom is 0.471 e. The SMILES string of the molecule is CCCCOc1cccc(C(=O)Nc2ccc(N3CCN(C(=O)C(F)(F)F)CC3)c(Cl)c2)c1. The van der Waals surface area contributed by atoms with E-state index < -0.39 is 12.1 Å². The molecule has 2 aromatic carbocycles. The van der Waals surface area contributed by atoms with E-state index in [2.05, 4.69) is 12.2 Å². The van der Waals surface area contributed by atoms with Gasteiger partial charge in [0.25, 0.3) is 5.91 Å². The second-order valence-corrected chi connectivity index (χ2v) is 8.03. The highest BCUT2D eigenvalue weighted by Crippen LogP contribution is 2.30. The molecule has 6 nitrogen and oxygen atoms in total. The highest BCUT2D eigenvalue weighted by Gasteiger charge is 2.43. The zero-order valence-corrected chi connectivity index (χ0v) is 18.9. The zero-order chi connectivity index (χ0) is 24.0. The van der Waals surface area contributed by atoms with Crippen molar-refractivity contribution in [3.05, 3.63) is 53.1 Å². The molecule has 1 N–H and O–H groups in total. The predicted octanol–water partition coefficient (Wildman–Crippen LogP) is 4.98. The first-order valence-electron chi connectivity index (χ1n) is 10.6. The van der Waals surface area contributed by atoms with E-state index in [1.807, 2.05) is 4.90 Å². The van der Waals surface area contributed by atoms with Gasteiger partial charge in [-0.15, -0.1) is 0 Å². The third kappa shape index (κ3) is 6.54. The summed E-state index contributed by atoms with van der Waals surface area (Å²) in [5.74, 6) is -1.53. The van der Waals surface area contributed by atoms with Crippen LogP contribution in [0.3, 0.4) is 0 Å². The van der Waals surface area contributed by atoms with Crippen molar-refractivity contribution in [2.75, 3.05) is 43.0 Å². The number of amides is 2. The number of halogens is 4. The number of rotatable bonds is 7. The summed E-state index contributed by atoms with van der Waals surface area (Å²) in [7, 11) is 0. The summed E-state index contributed by atoms with van der Waals surface area (Å²) in [6, 6.07) is 11.8.